The molecule has 0 bridgehead atoms. The van der Waals surface area contributed by atoms with Crippen LogP contribution in [-0.2, 0) is 4.74 Å². The van der Waals surface area contributed by atoms with Crippen molar-refractivity contribution in [1.29, 1.82) is 0 Å². The number of fused-ring (bicyclic) bond motifs is 1. The molecule has 0 N–H and O–H groups in total. The van der Waals surface area contributed by atoms with Gasteiger partial charge in [0.1, 0.15) is 17.4 Å². The van der Waals surface area contributed by atoms with Crippen LogP contribution in [0.1, 0.15) is 28.9 Å². The first kappa shape index (κ1) is 9.77. The molecule has 0 spiro atoms. The van der Waals surface area contributed by atoms with E-state index in [1.807, 2.05) is 31.2 Å². The maximum absolute atomic E-state index is 11.6. The largest absolute Gasteiger partial charge is 0.496 e. The molecule has 1 aliphatic heterocycles. The molecule has 0 saturated heterocycles. The van der Waals surface area contributed by atoms with Crippen molar-refractivity contribution in [3.05, 3.63) is 41.5 Å². The van der Waals surface area contributed by atoms with E-state index in [-0.39, 0.29) is 12.1 Å². The van der Waals surface area contributed by atoms with Crippen LogP contribution < -0.4 is 4.74 Å². The topological polar surface area (TPSA) is 35.5 Å². The van der Waals surface area contributed by atoms with Gasteiger partial charge in [0.15, 0.2) is 0 Å². The smallest absolute Gasteiger partial charge is 0.343 e. The average Bonchev–Trinajstić information content (AvgIpc) is 2.57. The van der Waals surface area contributed by atoms with Gasteiger partial charge in [-0.05, 0) is 19.1 Å². The average molecular weight is 204 g/mol. The fourth-order valence-electron chi connectivity index (χ4n) is 1.73. The van der Waals surface area contributed by atoms with Crippen LogP contribution in [0, 0.1) is 0 Å². The molecule has 0 saturated carbocycles. The summed E-state index contributed by atoms with van der Waals surface area (Å²) < 4.78 is 10.3. The van der Waals surface area contributed by atoms with Crippen LogP contribution in [-0.4, -0.2) is 13.1 Å². The highest BCUT2D eigenvalue weighted by Gasteiger charge is 2.31. The lowest BCUT2D eigenvalue weighted by Crippen LogP contribution is -1.98. The maximum Gasteiger partial charge on any atom is 0.343 e. The Kier molecular flexibility index (Phi) is 2.46. The molecule has 0 amide bonds. The van der Waals surface area contributed by atoms with E-state index in [1.54, 1.807) is 13.2 Å². The second-order valence-electron chi connectivity index (χ2n) is 3.28. The number of methoxy groups -OCH3 is 1. The van der Waals surface area contributed by atoms with Crippen LogP contribution in [0.2, 0.25) is 0 Å². The van der Waals surface area contributed by atoms with Gasteiger partial charge in [-0.15, -0.1) is 0 Å². The van der Waals surface area contributed by atoms with Crippen molar-refractivity contribution in [2.24, 2.45) is 0 Å². The number of hydrogen-bond acceptors (Lipinski definition) is 3. The van der Waals surface area contributed by atoms with Gasteiger partial charge < -0.3 is 9.47 Å². The van der Waals surface area contributed by atoms with Gasteiger partial charge in [-0.3, -0.25) is 0 Å². The molecule has 0 aromatic heterocycles. The summed E-state index contributed by atoms with van der Waals surface area (Å²) in [4.78, 5) is 11.6. The minimum atomic E-state index is -0.314. The Bertz CT molecular complexity index is 421. The van der Waals surface area contributed by atoms with E-state index in [9.17, 15) is 4.79 Å². The summed E-state index contributed by atoms with van der Waals surface area (Å²) in [6.45, 7) is 1.89. The second-order valence-corrected chi connectivity index (χ2v) is 3.28. The summed E-state index contributed by atoms with van der Waals surface area (Å²) in [5.41, 5.74) is 1.42. The molecular formula is C12H12O3. The summed E-state index contributed by atoms with van der Waals surface area (Å²) in [6, 6.07) is 5.50. The van der Waals surface area contributed by atoms with Crippen molar-refractivity contribution in [1.82, 2.24) is 0 Å². The van der Waals surface area contributed by atoms with Crippen molar-refractivity contribution in [3.8, 4) is 5.75 Å². The summed E-state index contributed by atoms with van der Waals surface area (Å²) in [6.07, 6.45) is 3.45. The fraction of sp³-hybridized carbons (Fsp3) is 0.250. The van der Waals surface area contributed by atoms with E-state index in [1.165, 1.54) is 0 Å². The Labute approximate surface area is 88.3 Å². The van der Waals surface area contributed by atoms with Crippen LogP contribution in [0.3, 0.4) is 0 Å². The molecule has 0 aliphatic carbocycles. The molecule has 1 aromatic rings. The Balaban J connectivity index is 2.53. The van der Waals surface area contributed by atoms with Crippen LogP contribution in [0.25, 0.3) is 0 Å². The molecule has 0 fully saturated rings. The van der Waals surface area contributed by atoms with Crippen molar-refractivity contribution < 1.29 is 14.3 Å². The third-order valence-electron chi connectivity index (χ3n) is 2.39. The van der Waals surface area contributed by atoms with Crippen molar-refractivity contribution in [2.75, 3.05) is 7.11 Å². The highest BCUT2D eigenvalue weighted by molar-refractivity contribution is 5.97. The number of allylic oxidation sites excluding steroid dienone is 1. The Hall–Kier alpha value is -1.77. The number of rotatable bonds is 2. The quantitative estimate of drug-likeness (QED) is 0.548. The highest BCUT2D eigenvalue weighted by atomic mass is 16.6. The molecule has 3 nitrogen and oxygen atoms in total. The molecule has 3 heteroatoms. The van der Waals surface area contributed by atoms with Gasteiger partial charge in [0.05, 0.1) is 7.11 Å². The van der Waals surface area contributed by atoms with E-state index in [0.29, 0.717) is 11.3 Å². The lowest BCUT2D eigenvalue weighted by molar-refractivity contribution is 0.0465. The number of benzene rings is 1. The Morgan fingerprint density at radius 2 is 2.27 bits per heavy atom. The number of hydrogen-bond donors (Lipinski definition) is 0. The lowest BCUT2D eigenvalue weighted by Gasteiger charge is -2.04. The molecule has 1 unspecified atom stereocenters. The molecular weight excluding hydrogens is 192 g/mol. The van der Waals surface area contributed by atoms with E-state index < -0.39 is 0 Å². The molecule has 78 valence electrons. The minimum absolute atomic E-state index is 0.271. The number of cyclic esters (lactones) is 1. The normalized spacial score (nSPS) is 19.1. The monoisotopic (exact) mass is 204 g/mol. The van der Waals surface area contributed by atoms with Gasteiger partial charge in [-0.25, -0.2) is 4.79 Å². The van der Waals surface area contributed by atoms with E-state index in [2.05, 4.69) is 0 Å². The van der Waals surface area contributed by atoms with Gasteiger partial charge in [0, 0.05) is 5.56 Å². The molecule has 0 radical (unpaired) electrons. The van der Waals surface area contributed by atoms with Crippen LogP contribution in [0.4, 0.5) is 0 Å². The molecule has 1 aliphatic rings. The van der Waals surface area contributed by atoms with Gasteiger partial charge in [-0.1, -0.05) is 18.2 Å². The SMILES string of the molecule is C/C=C\C1OC(=O)c2c(OC)cccc21. The van der Waals surface area contributed by atoms with Crippen molar-refractivity contribution >= 4 is 5.97 Å². The number of carbonyl (C=O) groups is 1. The molecule has 1 aromatic carbocycles. The first-order valence-electron chi connectivity index (χ1n) is 4.78. The summed E-state index contributed by atoms with van der Waals surface area (Å²) >= 11 is 0. The third kappa shape index (κ3) is 1.50. The van der Waals surface area contributed by atoms with Crippen LogP contribution in [0.5, 0.6) is 5.75 Å². The van der Waals surface area contributed by atoms with Crippen molar-refractivity contribution in [2.45, 2.75) is 13.0 Å². The van der Waals surface area contributed by atoms with E-state index in [4.69, 9.17) is 9.47 Å². The summed E-state index contributed by atoms with van der Waals surface area (Å²) in [5.74, 6) is 0.259. The Morgan fingerprint density at radius 1 is 1.47 bits per heavy atom. The first-order valence-corrected chi connectivity index (χ1v) is 4.78. The van der Waals surface area contributed by atoms with Gasteiger partial charge in [0.25, 0.3) is 0 Å². The number of carbonyl (C=O) groups excluding carboxylic acids is 1. The maximum atomic E-state index is 11.6. The second kappa shape index (κ2) is 3.77. The van der Waals surface area contributed by atoms with Gasteiger partial charge in [-0.2, -0.15) is 0 Å². The zero-order valence-corrected chi connectivity index (χ0v) is 8.69. The summed E-state index contributed by atoms with van der Waals surface area (Å²) in [5, 5.41) is 0. The lowest BCUT2D eigenvalue weighted by atomic mass is 10.0. The predicted molar refractivity (Wildman–Crippen MR) is 56.0 cm³/mol. The van der Waals surface area contributed by atoms with Gasteiger partial charge in [0.2, 0.25) is 0 Å². The number of esters is 1. The van der Waals surface area contributed by atoms with E-state index in [0.717, 1.165) is 5.56 Å². The Morgan fingerprint density at radius 3 is 2.93 bits per heavy atom. The molecule has 1 heterocycles. The van der Waals surface area contributed by atoms with E-state index >= 15 is 0 Å². The zero-order chi connectivity index (χ0) is 10.8. The molecule has 2 rings (SSSR count). The van der Waals surface area contributed by atoms with Gasteiger partial charge >= 0.3 is 5.97 Å². The third-order valence-corrected chi connectivity index (χ3v) is 2.39. The first-order chi connectivity index (χ1) is 7.27. The van der Waals surface area contributed by atoms with Crippen LogP contribution >= 0.6 is 0 Å². The number of ether oxygens (including phenoxy) is 2. The van der Waals surface area contributed by atoms with Crippen molar-refractivity contribution in [3.63, 3.8) is 0 Å². The van der Waals surface area contributed by atoms with Crippen LogP contribution in [0.15, 0.2) is 30.4 Å². The predicted octanol–water partition coefficient (Wildman–Crippen LogP) is 2.48. The highest BCUT2D eigenvalue weighted by Crippen LogP contribution is 2.36. The standard InChI is InChI=1S/C12H12O3/c1-3-5-9-8-6-4-7-10(14-2)11(8)12(13)15-9/h3-7,9H,1-2H3/b5-3-. The molecule has 15 heavy (non-hydrogen) atoms. The summed E-state index contributed by atoms with van der Waals surface area (Å²) in [7, 11) is 1.55. The minimum Gasteiger partial charge on any atom is -0.496 e. The fourth-order valence-corrected chi connectivity index (χ4v) is 1.73. The molecule has 1 atom stereocenters. The zero-order valence-electron chi connectivity index (χ0n) is 8.69.